The summed E-state index contributed by atoms with van der Waals surface area (Å²) in [5.41, 5.74) is -0.684. The van der Waals surface area contributed by atoms with Gasteiger partial charge >= 0.3 is 5.97 Å². The summed E-state index contributed by atoms with van der Waals surface area (Å²) in [4.78, 5) is 24.5. The normalized spacial score (nSPS) is 26.0. The van der Waals surface area contributed by atoms with Gasteiger partial charge in [0.25, 0.3) is 5.69 Å². The molecular weight excluding hydrogens is 439 g/mol. The summed E-state index contributed by atoms with van der Waals surface area (Å²) in [5.74, 6) is -1.50. The van der Waals surface area contributed by atoms with Gasteiger partial charge in [0.2, 0.25) is 0 Å². The molecule has 0 fully saturated rings. The molecule has 11 heteroatoms. The number of nitro benzene ring substituents is 1. The Kier molecular flexibility index (Phi) is 5.72. The molecule has 2 N–H and O–H groups in total. The fourth-order valence-electron chi connectivity index (χ4n) is 4.80. The van der Waals surface area contributed by atoms with E-state index in [0.29, 0.717) is 11.3 Å². The molecule has 2 aromatic rings. The minimum Gasteiger partial charge on any atom is -0.480 e. The number of rotatable bonds is 6. The van der Waals surface area contributed by atoms with Crippen LogP contribution in [-0.4, -0.2) is 59.4 Å². The number of aliphatic hydroxyl groups excluding tert-OH is 1. The molecule has 0 spiro atoms. The number of nitrogens with zero attached hydrogens (tertiary/aromatic N) is 2. The van der Waals surface area contributed by atoms with Crippen LogP contribution in [0.2, 0.25) is 0 Å². The molecule has 0 bridgehead atoms. The highest BCUT2D eigenvalue weighted by molar-refractivity contribution is 5.83. The van der Waals surface area contributed by atoms with E-state index in [1.165, 1.54) is 55.5 Å². The summed E-state index contributed by atoms with van der Waals surface area (Å²) >= 11 is 0. The summed E-state index contributed by atoms with van der Waals surface area (Å²) in [5, 5.41) is 33.0. The molecule has 0 aromatic heterocycles. The smallest absolute Gasteiger partial charge is 0.326 e. The van der Waals surface area contributed by atoms with Crippen LogP contribution in [0.3, 0.4) is 0 Å². The third kappa shape index (κ3) is 3.58. The lowest BCUT2D eigenvalue weighted by Gasteiger charge is -2.50. The van der Waals surface area contributed by atoms with Gasteiger partial charge in [0.05, 0.1) is 11.0 Å². The van der Waals surface area contributed by atoms with Crippen molar-refractivity contribution in [1.82, 2.24) is 0 Å². The highest BCUT2D eigenvalue weighted by Crippen LogP contribution is 2.50. The van der Waals surface area contributed by atoms with Gasteiger partial charge in [-0.25, -0.2) is 9.18 Å². The van der Waals surface area contributed by atoms with Gasteiger partial charge in [-0.3, -0.25) is 10.1 Å². The Balaban J connectivity index is 1.95. The first-order chi connectivity index (χ1) is 15.6. The van der Waals surface area contributed by atoms with E-state index < -0.39 is 46.8 Å². The number of hydrogen-bond donors (Lipinski definition) is 2. The fraction of sp³-hybridized carbons (Fsp3) is 0.409. The first kappa shape index (κ1) is 22.9. The molecule has 2 aromatic carbocycles. The number of non-ortho nitro benzene ring substituents is 1. The third-order valence-corrected chi connectivity index (χ3v) is 6.29. The first-order valence-electron chi connectivity index (χ1n) is 10.1. The molecule has 2 aliphatic heterocycles. The van der Waals surface area contributed by atoms with Crippen molar-refractivity contribution in [2.75, 3.05) is 19.1 Å². The molecule has 4 rings (SSSR count). The summed E-state index contributed by atoms with van der Waals surface area (Å²) < 4.78 is 30.7. The van der Waals surface area contributed by atoms with Crippen LogP contribution in [0.4, 0.5) is 15.8 Å². The summed E-state index contributed by atoms with van der Waals surface area (Å²) in [6, 6.07) is 5.53. The van der Waals surface area contributed by atoms with Crippen LogP contribution < -0.4 is 9.64 Å². The number of ether oxygens (including phenoxy) is 3. The Morgan fingerprint density at radius 2 is 2.00 bits per heavy atom. The van der Waals surface area contributed by atoms with Crippen LogP contribution in [0.15, 0.2) is 36.4 Å². The Morgan fingerprint density at radius 1 is 1.30 bits per heavy atom. The van der Waals surface area contributed by atoms with Crippen molar-refractivity contribution in [3.8, 4) is 5.75 Å². The van der Waals surface area contributed by atoms with Crippen molar-refractivity contribution in [2.45, 2.75) is 43.4 Å². The number of carboxylic acid groups (broad SMARTS) is 1. The van der Waals surface area contributed by atoms with E-state index in [2.05, 4.69) is 0 Å². The predicted molar refractivity (Wildman–Crippen MR) is 113 cm³/mol. The number of aliphatic hydroxyl groups is 1. The number of fused-ring (bicyclic) bond motifs is 2. The first-order valence-corrected chi connectivity index (χ1v) is 10.1. The van der Waals surface area contributed by atoms with Gasteiger partial charge in [-0.15, -0.1) is 0 Å². The molecular formula is C22H23FN2O8. The van der Waals surface area contributed by atoms with E-state index in [9.17, 15) is 29.5 Å². The van der Waals surface area contributed by atoms with E-state index in [1.807, 2.05) is 0 Å². The zero-order chi connectivity index (χ0) is 24.1. The van der Waals surface area contributed by atoms with Gasteiger partial charge in [0.15, 0.2) is 11.9 Å². The number of benzene rings is 2. The molecule has 0 saturated heterocycles. The lowest BCUT2D eigenvalue weighted by molar-refractivity contribution is -0.385. The molecule has 176 valence electrons. The van der Waals surface area contributed by atoms with Gasteiger partial charge in [0.1, 0.15) is 23.7 Å². The van der Waals surface area contributed by atoms with Crippen LogP contribution in [0.1, 0.15) is 24.1 Å². The zero-order valence-corrected chi connectivity index (χ0v) is 18.1. The molecule has 2 heterocycles. The minimum absolute atomic E-state index is 0.00847. The number of methoxy groups -OCH3 is 2. The van der Waals surface area contributed by atoms with E-state index >= 15 is 0 Å². The highest BCUT2D eigenvalue weighted by Gasteiger charge is 2.56. The number of carboxylic acids is 1. The molecule has 0 radical (unpaired) electrons. The van der Waals surface area contributed by atoms with Gasteiger partial charge in [0, 0.05) is 44.0 Å². The van der Waals surface area contributed by atoms with Gasteiger partial charge in [-0.1, -0.05) is 0 Å². The number of nitro groups is 1. The van der Waals surface area contributed by atoms with Crippen LogP contribution in [0, 0.1) is 15.9 Å². The van der Waals surface area contributed by atoms with Crippen molar-refractivity contribution < 1.29 is 38.5 Å². The van der Waals surface area contributed by atoms with Crippen LogP contribution in [-0.2, 0) is 20.7 Å². The summed E-state index contributed by atoms with van der Waals surface area (Å²) in [6.07, 6.45) is -2.52. The maximum absolute atomic E-state index is 13.9. The minimum atomic E-state index is -1.51. The largest absolute Gasteiger partial charge is 0.480 e. The monoisotopic (exact) mass is 462 g/mol. The Labute approximate surface area is 188 Å². The van der Waals surface area contributed by atoms with E-state index in [4.69, 9.17) is 14.2 Å². The lowest BCUT2D eigenvalue weighted by Crippen LogP contribution is -2.63. The lowest BCUT2D eigenvalue weighted by atomic mass is 9.83. The SMILES string of the molecule is COC(OC)[C@@]1(C)Oc2ccc([N+](=O)[O-])cc2[C@H](N2c3ccc(F)cc3C[C@@H]2C(=O)O)[C@H]1O. The summed E-state index contributed by atoms with van der Waals surface area (Å²) in [7, 11) is 2.73. The Hall–Kier alpha value is -3.28. The number of carbonyl (C=O) groups is 1. The van der Waals surface area contributed by atoms with Crippen molar-refractivity contribution in [1.29, 1.82) is 0 Å². The highest BCUT2D eigenvalue weighted by atomic mass is 19.1. The average Bonchev–Trinajstić information content (AvgIpc) is 3.13. The van der Waals surface area contributed by atoms with Crippen LogP contribution in [0.5, 0.6) is 5.75 Å². The predicted octanol–water partition coefficient (Wildman–Crippen LogP) is 2.42. The quantitative estimate of drug-likeness (QED) is 0.377. The molecule has 4 atom stereocenters. The third-order valence-electron chi connectivity index (χ3n) is 6.29. The second kappa shape index (κ2) is 8.25. The maximum atomic E-state index is 13.9. The molecule has 10 nitrogen and oxygen atoms in total. The molecule has 0 saturated carbocycles. The van der Waals surface area contributed by atoms with Crippen molar-refractivity contribution in [2.24, 2.45) is 0 Å². The number of halogens is 1. The Bertz CT molecular complexity index is 1110. The average molecular weight is 462 g/mol. The molecule has 0 aliphatic carbocycles. The van der Waals surface area contributed by atoms with E-state index in [-0.39, 0.29) is 23.4 Å². The van der Waals surface area contributed by atoms with Gasteiger partial charge < -0.3 is 29.3 Å². The fourth-order valence-corrected chi connectivity index (χ4v) is 4.80. The molecule has 0 unspecified atom stereocenters. The number of anilines is 1. The Morgan fingerprint density at radius 3 is 2.61 bits per heavy atom. The molecule has 2 aliphatic rings. The van der Waals surface area contributed by atoms with Crippen LogP contribution in [0.25, 0.3) is 0 Å². The maximum Gasteiger partial charge on any atom is 0.326 e. The van der Waals surface area contributed by atoms with Crippen LogP contribution >= 0.6 is 0 Å². The number of aliphatic carboxylic acids is 1. The summed E-state index contributed by atoms with van der Waals surface area (Å²) in [6.45, 7) is 1.55. The van der Waals surface area contributed by atoms with E-state index in [0.717, 1.165) is 0 Å². The van der Waals surface area contributed by atoms with Crippen molar-refractivity contribution in [3.63, 3.8) is 0 Å². The van der Waals surface area contributed by atoms with Gasteiger partial charge in [-0.2, -0.15) is 0 Å². The topological polar surface area (TPSA) is 132 Å². The van der Waals surface area contributed by atoms with Crippen molar-refractivity contribution in [3.05, 3.63) is 63.5 Å². The zero-order valence-electron chi connectivity index (χ0n) is 18.1. The van der Waals surface area contributed by atoms with Crippen molar-refractivity contribution >= 4 is 17.3 Å². The molecule has 0 amide bonds. The molecule has 33 heavy (non-hydrogen) atoms. The second-order valence-corrected chi connectivity index (χ2v) is 8.20. The second-order valence-electron chi connectivity index (χ2n) is 8.20. The van der Waals surface area contributed by atoms with Gasteiger partial charge in [-0.05, 0) is 36.8 Å². The van der Waals surface area contributed by atoms with E-state index in [1.54, 1.807) is 6.92 Å². The standard InChI is InChI=1S/C22H23FN2O8/c1-22(21(31-2)32-3)19(26)18(14-10-13(25(29)30)5-7-17(14)33-22)24-15-6-4-12(23)8-11(15)9-16(24)20(27)28/h4-8,10,16,18-19,21,26H,9H2,1-3H3,(H,27,28)/t16-,18+,19-,22+/m1/s1. The number of hydrogen-bond acceptors (Lipinski definition) is 8.